The first-order valence-electron chi connectivity index (χ1n) is 8.83. The molecule has 0 atom stereocenters. The number of piperazine rings is 1. The Bertz CT molecular complexity index is 700. The van der Waals surface area contributed by atoms with Crippen molar-refractivity contribution < 1.29 is 0 Å². The molecule has 2 aromatic rings. The van der Waals surface area contributed by atoms with Crippen LogP contribution in [0.5, 0.6) is 0 Å². The molecule has 4 rings (SSSR count). The molecule has 1 aromatic carbocycles. The minimum Gasteiger partial charge on any atom is -0.369 e. The van der Waals surface area contributed by atoms with Crippen molar-refractivity contribution in [2.75, 3.05) is 43.4 Å². The first-order valence-corrected chi connectivity index (χ1v) is 8.83. The number of hydrogen-bond donors (Lipinski definition) is 1. The van der Waals surface area contributed by atoms with Crippen molar-refractivity contribution in [3.8, 4) is 11.4 Å². The molecule has 1 saturated heterocycles. The van der Waals surface area contributed by atoms with E-state index in [9.17, 15) is 0 Å². The van der Waals surface area contributed by atoms with Crippen molar-refractivity contribution in [3.05, 3.63) is 36.0 Å². The molecule has 1 aliphatic carbocycles. The monoisotopic (exact) mass is 323 g/mol. The van der Waals surface area contributed by atoms with E-state index in [1.54, 1.807) is 0 Å². The van der Waals surface area contributed by atoms with Crippen LogP contribution in [0.2, 0.25) is 0 Å². The van der Waals surface area contributed by atoms with Crippen molar-refractivity contribution in [1.82, 2.24) is 14.9 Å². The van der Waals surface area contributed by atoms with Gasteiger partial charge in [-0.2, -0.15) is 0 Å². The van der Waals surface area contributed by atoms with Crippen LogP contribution < -0.4 is 10.2 Å². The molecule has 0 bridgehead atoms. The minimum absolute atomic E-state index is 0.603. The van der Waals surface area contributed by atoms with Gasteiger partial charge in [0.25, 0.3) is 0 Å². The fourth-order valence-corrected chi connectivity index (χ4v) is 3.09. The summed E-state index contributed by atoms with van der Waals surface area (Å²) in [6.07, 6.45) is 2.50. The number of aryl methyl sites for hydroxylation is 1. The number of likely N-dealkylation sites (N-methyl/N-ethyl adjacent to an activating group) is 1. The molecule has 5 heteroatoms. The zero-order valence-electron chi connectivity index (χ0n) is 14.5. The van der Waals surface area contributed by atoms with Crippen molar-refractivity contribution in [3.63, 3.8) is 0 Å². The number of rotatable bonds is 4. The van der Waals surface area contributed by atoms with Gasteiger partial charge in [0.05, 0.1) is 0 Å². The second kappa shape index (κ2) is 6.40. The Morgan fingerprint density at radius 2 is 1.71 bits per heavy atom. The summed E-state index contributed by atoms with van der Waals surface area (Å²) < 4.78 is 0. The highest BCUT2D eigenvalue weighted by molar-refractivity contribution is 5.62. The smallest absolute Gasteiger partial charge is 0.161 e. The summed E-state index contributed by atoms with van der Waals surface area (Å²) in [6, 6.07) is 11.3. The number of benzene rings is 1. The van der Waals surface area contributed by atoms with Gasteiger partial charge in [-0.1, -0.05) is 0 Å². The van der Waals surface area contributed by atoms with Crippen LogP contribution >= 0.6 is 0 Å². The predicted octanol–water partition coefficient (Wildman–Crippen LogP) is 2.78. The molecular formula is C19H25N5. The molecular weight excluding hydrogens is 298 g/mol. The minimum atomic E-state index is 0.603. The SMILES string of the molecule is Cc1cc(NC2CC2)nc(-c2ccc(N3CCN(C)CC3)cc2)n1. The summed E-state index contributed by atoms with van der Waals surface area (Å²) in [5, 5.41) is 3.47. The number of anilines is 2. The molecule has 2 aliphatic rings. The summed E-state index contributed by atoms with van der Waals surface area (Å²) >= 11 is 0. The lowest BCUT2D eigenvalue weighted by Gasteiger charge is -2.34. The van der Waals surface area contributed by atoms with Gasteiger partial charge in [-0.05, 0) is 51.1 Å². The lowest BCUT2D eigenvalue weighted by Crippen LogP contribution is -2.44. The molecule has 0 radical (unpaired) electrons. The molecule has 0 unspecified atom stereocenters. The maximum atomic E-state index is 4.69. The zero-order valence-corrected chi connectivity index (χ0v) is 14.5. The van der Waals surface area contributed by atoms with E-state index in [-0.39, 0.29) is 0 Å². The maximum absolute atomic E-state index is 4.69. The highest BCUT2D eigenvalue weighted by atomic mass is 15.2. The van der Waals surface area contributed by atoms with E-state index in [1.165, 1.54) is 18.5 Å². The van der Waals surface area contributed by atoms with Gasteiger partial charge in [0.15, 0.2) is 5.82 Å². The quantitative estimate of drug-likeness (QED) is 0.937. The molecule has 1 N–H and O–H groups in total. The number of hydrogen-bond acceptors (Lipinski definition) is 5. The Morgan fingerprint density at radius 3 is 2.38 bits per heavy atom. The summed E-state index contributed by atoms with van der Waals surface area (Å²) in [6.45, 7) is 6.46. The third kappa shape index (κ3) is 3.51. The first-order chi connectivity index (χ1) is 11.7. The summed E-state index contributed by atoms with van der Waals surface area (Å²) in [7, 11) is 2.18. The van der Waals surface area contributed by atoms with Gasteiger partial charge in [0.2, 0.25) is 0 Å². The van der Waals surface area contributed by atoms with Gasteiger partial charge < -0.3 is 15.1 Å². The van der Waals surface area contributed by atoms with E-state index >= 15 is 0 Å². The Kier molecular flexibility index (Phi) is 4.10. The highest BCUT2D eigenvalue weighted by Gasteiger charge is 2.21. The van der Waals surface area contributed by atoms with E-state index in [4.69, 9.17) is 4.98 Å². The van der Waals surface area contributed by atoms with Crippen LogP contribution in [0.1, 0.15) is 18.5 Å². The lowest BCUT2D eigenvalue weighted by molar-refractivity contribution is 0.313. The van der Waals surface area contributed by atoms with Crippen LogP contribution in [0.25, 0.3) is 11.4 Å². The third-order valence-corrected chi connectivity index (χ3v) is 4.78. The number of nitrogens with zero attached hydrogens (tertiary/aromatic N) is 4. The molecule has 1 aromatic heterocycles. The number of aromatic nitrogens is 2. The van der Waals surface area contributed by atoms with Gasteiger partial charge in [0, 0.05) is 55.2 Å². The highest BCUT2D eigenvalue weighted by Crippen LogP contribution is 2.26. The lowest BCUT2D eigenvalue weighted by atomic mass is 10.1. The normalized spacial score (nSPS) is 18.7. The molecule has 0 amide bonds. The van der Waals surface area contributed by atoms with Crippen LogP contribution in [0, 0.1) is 6.92 Å². The molecule has 5 nitrogen and oxygen atoms in total. The summed E-state index contributed by atoms with van der Waals surface area (Å²) in [4.78, 5) is 14.1. The standard InChI is InChI=1S/C19H25N5/c1-14-13-18(21-16-5-6-16)22-19(20-14)15-3-7-17(8-4-15)24-11-9-23(2)10-12-24/h3-4,7-8,13,16H,5-6,9-12H2,1-2H3,(H,20,21,22). The number of nitrogens with one attached hydrogen (secondary N) is 1. The topological polar surface area (TPSA) is 44.3 Å². The largest absolute Gasteiger partial charge is 0.369 e. The third-order valence-electron chi connectivity index (χ3n) is 4.78. The predicted molar refractivity (Wildman–Crippen MR) is 98.6 cm³/mol. The summed E-state index contributed by atoms with van der Waals surface area (Å²) in [5.41, 5.74) is 3.37. The average molecular weight is 323 g/mol. The molecule has 1 saturated carbocycles. The Morgan fingerprint density at radius 1 is 1.00 bits per heavy atom. The van der Waals surface area contributed by atoms with E-state index in [0.717, 1.165) is 49.1 Å². The van der Waals surface area contributed by atoms with Gasteiger partial charge in [-0.3, -0.25) is 0 Å². The molecule has 24 heavy (non-hydrogen) atoms. The van der Waals surface area contributed by atoms with E-state index < -0.39 is 0 Å². The molecule has 2 fully saturated rings. The second-order valence-electron chi connectivity index (χ2n) is 6.97. The zero-order chi connectivity index (χ0) is 16.5. The Balaban J connectivity index is 1.52. The fourth-order valence-electron chi connectivity index (χ4n) is 3.09. The molecule has 126 valence electrons. The maximum Gasteiger partial charge on any atom is 0.161 e. The van der Waals surface area contributed by atoms with E-state index in [0.29, 0.717) is 6.04 Å². The van der Waals surface area contributed by atoms with Gasteiger partial charge in [-0.25, -0.2) is 9.97 Å². The summed E-state index contributed by atoms with van der Waals surface area (Å²) in [5.74, 6) is 1.76. The second-order valence-corrected chi connectivity index (χ2v) is 6.97. The van der Waals surface area contributed by atoms with Crippen molar-refractivity contribution >= 4 is 11.5 Å². The Labute approximate surface area is 143 Å². The first kappa shape index (κ1) is 15.4. The molecule has 2 heterocycles. The van der Waals surface area contributed by atoms with Crippen molar-refractivity contribution in [2.24, 2.45) is 0 Å². The molecule has 1 aliphatic heterocycles. The van der Waals surface area contributed by atoms with Gasteiger partial charge in [-0.15, -0.1) is 0 Å². The van der Waals surface area contributed by atoms with Crippen LogP contribution in [-0.4, -0.2) is 54.1 Å². The van der Waals surface area contributed by atoms with Gasteiger partial charge in [0.1, 0.15) is 5.82 Å². The van der Waals surface area contributed by atoms with Crippen LogP contribution in [-0.2, 0) is 0 Å². The van der Waals surface area contributed by atoms with Gasteiger partial charge >= 0.3 is 0 Å². The molecule has 0 spiro atoms. The fraction of sp³-hybridized carbons (Fsp3) is 0.474. The average Bonchev–Trinajstić information content (AvgIpc) is 3.39. The van der Waals surface area contributed by atoms with Crippen LogP contribution in [0.3, 0.4) is 0 Å². The van der Waals surface area contributed by atoms with Crippen molar-refractivity contribution in [1.29, 1.82) is 0 Å². The van der Waals surface area contributed by atoms with E-state index in [1.807, 2.05) is 13.0 Å². The van der Waals surface area contributed by atoms with Crippen LogP contribution in [0.15, 0.2) is 30.3 Å². The Hall–Kier alpha value is -2.14. The van der Waals surface area contributed by atoms with Crippen molar-refractivity contribution in [2.45, 2.75) is 25.8 Å². The van der Waals surface area contributed by atoms with E-state index in [2.05, 4.69) is 51.4 Å². The van der Waals surface area contributed by atoms with Crippen LogP contribution in [0.4, 0.5) is 11.5 Å².